The molecule has 1 atom stereocenters. The zero-order chi connectivity index (χ0) is 12.5. The van der Waals surface area contributed by atoms with Crippen molar-refractivity contribution in [1.82, 2.24) is 0 Å². The Hall–Kier alpha value is -2.29. The van der Waals surface area contributed by atoms with Crippen molar-refractivity contribution in [3.8, 4) is 0 Å². The van der Waals surface area contributed by atoms with Gasteiger partial charge in [0.2, 0.25) is 6.10 Å². The fourth-order valence-electron chi connectivity index (χ4n) is 2.22. The largest absolute Gasteiger partial charge is 0.478 e. The summed E-state index contributed by atoms with van der Waals surface area (Å²) in [6, 6.07) is 0. The number of carbonyl (C=O) groups is 1. The summed E-state index contributed by atoms with van der Waals surface area (Å²) in [5, 5.41) is 9.02. The van der Waals surface area contributed by atoms with Crippen LogP contribution in [-0.2, 0) is 9.53 Å². The van der Waals surface area contributed by atoms with Gasteiger partial charge in [-0.05, 0) is 18.1 Å². The molecule has 0 aromatic carbocycles. The average Bonchev–Trinajstić information content (AvgIpc) is 2.63. The first-order valence-electron chi connectivity index (χ1n) is 5.82. The van der Waals surface area contributed by atoms with Crippen molar-refractivity contribution >= 4 is 5.97 Å². The summed E-state index contributed by atoms with van der Waals surface area (Å²) in [5.74, 6) is -0.299. The molecule has 2 aliphatic carbocycles. The maximum absolute atomic E-state index is 11.0. The quantitative estimate of drug-likeness (QED) is 0.766. The molecule has 0 spiro atoms. The Morgan fingerprint density at radius 3 is 3.00 bits per heavy atom. The predicted octanol–water partition coefficient (Wildman–Crippen LogP) is 2.66. The highest BCUT2D eigenvalue weighted by Crippen LogP contribution is 2.35. The molecule has 0 saturated carbocycles. The van der Waals surface area contributed by atoms with Crippen LogP contribution in [0.1, 0.15) is 6.42 Å². The summed E-state index contributed by atoms with van der Waals surface area (Å²) < 4.78 is 5.58. The van der Waals surface area contributed by atoms with Crippen molar-refractivity contribution in [2.45, 2.75) is 12.5 Å². The van der Waals surface area contributed by atoms with E-state index in [1.807, 2.05) is 36.5 Å². The van der Waals surface area contributed by atoms with Crippen LogP contribution in [0, 0.1) is 0 Å². The molecule has 0 fully saturated rings. The molecule has 0 amide bonds. The van der Waals surface area contributed by atoms with E-state index in [1.165, 1.54) is 0 Å². The maximum Gasteiger partial charge on any atom is 0.349 e. The lowest BCUT2D eigenvalue weighted by molar-refractivity contribution is -0.145. The van der Waals surface area contributed by atoms with E-state index in [2.05, 4.69) is 6.08 Å². The van der Waals surface area contributed by atoms with Gasteiger partial charge in [-0.15, -0.1) is 0 Å². The standard InChI is InChI=1S/C15H12O3/c16-15(17)13-9-8-11-7-6-10-4-2-1-3-5-12(10)14(11)18-13/h1-5,7-9,13H,6H2,(H,16,17). The third-order valence-electron chi connectivity index (χ3n) is 3.12. The monoisotopic (exact) mass is 240 g/mol. The van der Waals surface area contributed by atoms with Gasteiger partial charge in [0.05, 0.1) is 0 Å². The van der Waals surface area contributed by atoms with Crippen molar-refractivity contribution in [3.05, 3.63) is 71.1 Å². The normalized spacial score (nSPS) is 24.6. The molecule has 0 aromatic rings. The zero-order valence-electron chi connectivity index (χ0n) is 9.67. The summed E-state index contributed by atoms with van der Waals surface area (Å²) in [7, 11) is 0. The summed E-state index contributed by atoms with van der Waals surface area (Å²) in [6.07, 6.45) is 15.3. The molecule has 3 rings (SSSR count). The van der Waals surface area contributed by atoms with Crippen LogP contribution >= 0.6 is 0 Å². The fourth-order valence-corrected chi connectivity index (χ4v) is 2.22. The highest BCUT2D eigenvalue weighted by atomic mass is 16.5. The highest BCUT2D eigenvalue weighted by Gasteiger charge is 2.27. The van der Waals surface area contributed by atoms with Gasteiger partial charge in [0.25, 0.3) is 0 Å². The highest BCUT2D eigenvalue weighted by molar-refractivity contribution is 5.76. The Morgan fingerprint density at radius 2 is 2.17 bits per heavy atom. The van der Waals surface area contributed by atoms with Gasteiger partial charge in [0.1, 0.15) is 5.76 Å². The number of rotatable bonds is 1. The lowest BCUT2D eigenvalue weighted by Crippen LogP contribution is -2.25. The number of ether oxygens (including phenoxy) is 1. The van der Waals surface area contributed by atoms with Crippen molar-refractivity contribution in [1.29, 1.82) is 0 Å². The Kier molecular flexibility index (Phi) is 2.52. The molecule has 1 N–H and O–H groups in total. The van der Waals surface area contributed by atoms with Crippen LogP contribution in [0.25, 0.3) is 0 Å². The number of fused-ring (bicyclic) bond motifs is 2. The van der Waals surface area contributed by atoms with Crippen LogP contribution in [0.2, 0.25) is 0 Å². The van der Waals surface area contributed by atoms with Gasteiger partial charge < -0.3 is 9.84 Å². The maximum atomic E-state index is 11.0. The summed E-state index contributed by atoms with van der Waals surface area (Å²) in [5.41, 5.74) is 3.09. The molecule has 3 nitrogen and oxygen atoms in total. The number of hydrogen-bond donors (Lipinski definition) is 1. The van der Waals surface area contributed by atoms with Crippen molar-refractivity contribution in [3.63, 3.8) is 0 Å². The van der Waals surface area contributed by atoms with E-state index in [-0.39, 0.29) is 0 Å². The van der Waals surface area contributed by atoms with E-state index in [1.54, 1.807) is 6.08 Å². The molecule has 3 aliphatic rings. The minimum atomic E-state index is -0.967. The molecule has 1 heterocycles. The molecule has 0 aromatic heterocycles. The number of hydrogen-bond acceptors (Lipinski definition) is 2. The van der Waals surface area contributed by atoms with Gasteiger partial charge >= 0.3 is 5.97 Å². The summed E-state index contributed by atoms with van der Waals surface area (Å²) >= 11 is 0. The predicted molar refractivity (Wildman–Crippen MR) is 67.7 cm³/mol. The van der Waals surface area contributed by atoms with E-state index in [4.69, 9.17) is 9.84 Å². The van der Waals surface area contributed by atoms with Gasteiger partial charge in [0.15, 0.2) is 0 Å². The van der Waals surface area contributed by atoms with Gasteiger partial charge in [-0.25, -0.2) is 4.79 Å². The third-order valence-corrected chi connectivity index (χ3v) is 3.12. The Morgan fingerprint density at radius 1 is 1.28 bits per heavy atom. The molecule has 0 bridgehead atoms. The van der Waals surface area contributed by atoms with Crippen LogP contribution in [0.5, 0.6) is 0 Å². The van der Waals surface area contributed by atoms with Crippen molar-refractivity contribution < 1.29 is 14.6 Å². The molecule has 1 unspecified atom stereocenters. The number of carboxylic acid groups (broad SMARTS) is 1. The molecule has 0 radical (unpaired) electrons. The van der Waals surface area contributed by atoms with Crippen LogP contribution in [0.3, 0.4) is 0 Å². The Bertz CT molecular complexity index is 583. The lowest BCUT2D eigenvalue weighted by Gasteiger charge is -2.26. The molecule has 0 saturated heterocycles. The van der Waals surface area contributed by atoms with Gasteiger partial charge in [0, 0.05) is 11.1 Å². The minimum Gasteiger partial charge on any atom is -0.478 e. The van der Waals surface area contributed by atoms with Crippen molar-refractivity contribution in [2.24, 2.45) is 0 Å². The summed E-state index contributed by atoms with van der Waals surface area (Å²) in [4.78, 5) is 11.0. The van der Waals surface area contributed by atoms with E-state index < -0.39 is 12.1 Å². The van der Waals surface area contributed by atoms with Gasteiger partial charge in [-0.3, -0.25) is 0 Å². The van der Waals surface area contributed by atoms with Crippen LogP contribution < -0.4 is 0 Å². The second-order valence-corrected chi connectivity index (χ2v) is 4.28. The number of carboxylic acids is 1. The second kappa shape index (κ2) is 4.18. The Balaban J connectivity index is 2.09. The SMILES string of the molecule is O=C(O)C1C=CC2=CCC3=CC=CC=CC3=C2O1. The minimum absolute atomic E-state index is 0.669. The van der Waals surface area contributed by atoms with Crippen LogP contribution in [-0.4, -0.2) is 17.2 Å². The molecule has 90 valence electrons. The number of allylic oxidation sites excluding steroid dienone is 9. The first-order valence-corrected chi connectivity index (χ1v) is 5.82. The third kappa shape index (κ3) is 1.74. The second-order valence-electron chi connectivity index (χ2n) is 4.28. The zero-order valence-corrected chi connectivity index (χ0v) is 9.67. The Labute approximate surface area is 105 Å². The first kappa shape index (κ1) is 10.8. The topological polar surface area (TPSA) is 46.5 Å². The van der Waals surface area contributed by atoms with E-state index in [0.717, 1.165) is 23.1 Å². The average molecular weight is 240 g/mol. The van der Waals surface area contributed by atoms with Crippen LogP contribution in [0.4, 0.5) is 0 Å². The van der Waals surface area contributed by atoms with Gasteiger partial charge in [-0.1, -0.05) is 42.5 Å². The van der Waals surface area contributed by atoms with Crippen molar-refractivity contribution in [2.75, 3.05) is 0 Å². The van der Waals surface area contributed by atoms with E-state index in [0.29, 0.717) is 5.76 Å². The smallest absolute Gasteiger partial charge is 0.349 e. The van der Waals surface area contributed by atoms with Gasteiger partial charge in [-0.2, -0.15) is 0 Å². The summed E-state index contributed by atoms with van der Waals surface area (Å²) in [6.45, 7) is 0. The molecular formula is C15H12O3. The molecule has 3 heteroatoms. The lowest BCUT2D eigenvalue weighted by atomic mass is 9.90. The van der Waals surface area contributed by atoms with E-state index in [9.17, 15) is 4.79 Å². The van der Waals surface area contributed by atoms with Crippen LogP contribution in [0.15, 0.2) is 71.1 Å². The van der Waals surface area contributed by atoms with E-state index >= 15 is 0 Å². The first-order chi connectivity index (χ1) is 8.75. The fraction of sp³-hybridized carbons (Fsp3) is 0.133. The molecular weight excluding hydrogens is 228 g/mol. The molecule has 18 heavy (non-hydrogen) atoms. The molecule has 1 aliphatic heterocycles. The number of aliphatic carboxylic acids is 1.